The van der Waals surface area contributed by atoms with Gasteiger partial charge in [0.15, 0.2) is 0 Å². The van der Waals surface area contributed by atoms with Gasteiger partial charge in [0.1, 0.15) is 6.42 Å². The Balaban J connectivity index is 0.000000239. The van der Waals surface area contributed by atoms with Gasteiger partial charge in [0.2, 0.25) is 0 Å². The van der Waals surface area contributed by atoms with Crippen molar-refractivity contribution < 1.29 is 19.1 Å². The zero-order chi connectivity index (χ0) is 16.2. The van der Waals surface area contributed by atoms with Crippen molar-refractivity contribution in [2.45, 2.75) is 16.2 Å². The first-order valence-corrected chi connectivity index (χ1v) is 7.39. The zero-order valence-corrected chi connectivity index (χ0v) is 13.3. The van der Waals surface area contributed by atoms with Gasteiger partial charge in [-0.1, -0.05) is 48.2 Å². The van der Waals surface area contributed by atoms with Crippen LogP contribution in [-0.4, -0.2) is 26.2 Å². The van der Waals surface area contributed by atoms with Gasteiger partial charge in [-0.3, -0.25) is 9.59 Å². The quantitative estimate of drug-likeness (QED) is 0.637. The minimum atomic E-state index is -0.582. The second kappa shape index (κ2) is 10.5. The molecule has 0 saturated carbocycles. The van der Waals surface area contributed by atoms with Crippen LogP contribution in [0.15, 0.2) is 70.5 Å². The summed E-state index contributed by atoms with van der Waals surface area (Å²) in [6.45, 7) is 0. The first-order valence-electron chi connectivity index (χ1n) is 6.57. The van der Waals surface area contributed by atoms with E-state index in [0.29, 0.717) is 0 Å². The SMILES string of the molecule is COC(=O)CC(=O)OC.c1ccc(Sc2ccccc2)cc1. The van der Waals surface area contributed by atoms with E-state index in [9.17, 15) is 9.59 Å². The van der Waals surface area contributed by atoms with Gasteiger partial charge >= 0.3 is 11.9 Å². The predicted octanol–water partition coefficient (Wildman–Crippen LogP) is 3.56. The van der Waals surface area contributed by atoms with Crippen LogP contribution in [-0.2, 0) is 19.1 Å². The fourth-order valence-corrected chi connectivity index (χ4v) is 2.23. The molecule has 0 amide bonds. The molecule has 0 saturated heterocycles. The second-order valence-electron chi connectivity index (χ2n) is 4.06. The normalized spacial score (nSPS) is 9.18. The third-order valence-electron chi connectivity index (χ3n) is 2.47. The highest BCUT2D eigenvalue weighted by Crippen LogP contribution is 2.26. The molecule has 0 atom stereocenters. The molecule has 5 heteroatoms. The van der Waals surface area contributed by atoms with Crippen LogP contribution < -0.4 is 0 Å². The molecule has 0 radical (unpaired) electrons. The van der Waals surface area contributed by atoms with Gasteiger partial charge in [-0.15, -0.1) is 0 Å². The molecule has 0 aliphatic rings. The Bertz CT molecular complexity index is 518. The number of carbonyl (C=O) groups is 2. The van der Waals surface area contributed by atoms with Gasteiger partial charge in [-0.05, 0) is 24.3 Å². The van der Waals surface area contributed by atoms with Gasteiger partial charge in [0, 0.05) is 9.79 Å². The molecule has 2 aromatic rings. The van der Waals surface area contributed by atoms with Crippen LogP contribution >= 0.6 is 11.8 Å². The van der Waals surface area contributed by atoms with E-state index in [1.54, 1.807) is 11.8 Å². The molecule has 0 bridgehead atoms. The van der Waals surface area contributed by atoms with E-state index < -0.39 is 11.9 Å². The number of ether oxygens (including phenoxy) is 2. The lowest BCUT2D eigenvalue weighted by Gasteiger charge is -1.99. The van der Waals surface area contributed by atoms with Crippen LogP contribution in [0.4, 0.5) is 0 Å². The number of hydrogen-bond acceptors (Lipinski definition) is 5. The number of benzene rings is 2. The highest BCUT2D eigenvalue weighted by molar-refractivity contribution is 7.99. The summed E-state index contributed by atoms with van der Waals surface area (Å²) in [4.78, 5) is 23.1. The Morgan fingerprint density at radius 2 is 1.14 bits per heavy atom. The molecule has 0 fully saturated rings. The highest BCUT2D eigenvalue weighted by atomic mass is 32.2. The predicted molar refractivity (Wildman–Crippen MR) is 85.7 cm³/mol. The van der Waals surface area contributed by atoms with Crippen molar-refractivity contribution in [3.63, 3.8) is 0 Å². The van der Waals surface area contributed by atoms with E-state index in [2.05, 4.69) is 58.0 Å². The number of esters is 2. The summed E-state index contributed by atoms with van der Waals surface area (Å²) in [6.07, 6.45) is -0.312. The molecule has 0 N–H and O–H groups in total. The van der Waals surface area contributed by atoms with Crippen molar-refractivity contribution >= 4 is 23.7 Å². The van der Waals surface area contributed by atoms with Gasteiger partial charge in [0.05, 0.1) is 14.2 Å². The topological polar surface area (TPSA) is 52.6 Å². The Kier molecular flexibility index (Phi) is 8.45. The van der Waals surface area contributed by atoms with Crippen LogP contribution in [0.25, 0.3) is 0 Å². The molecule has 0 aliphatic carbocycles. The lowest BCUT2D eigenvalue weighted by atomic mass is 10.4. The largest absolute Gasteiger partial charge is 0.469 e. The van der Waals surface area contributed by atoms with Crippen LogP contribution in [0.3, 0.4) is 0 Å². The van der Waals surface area contributed by atoms with Crippen molar-refractivity contribution in [1.29, 1.82) is 0 Å². The van der Waals surface area contributed by atoms with E-state index in [0.717, 1.165) is 0 Å². The van der Waals surface area contributed by atoms with Gasteiger partial charge in [-0.25, -0.2) is 0 Å². The molecule has 2 rings (SSSR count). The molecular weight excluding hydrogens is 300 g/mol. The summed E-state index contributed by atoms with van der Waals surface area (Å²) in [5.41, 5.74) is 0. The van der Waals surface area contributed by atoms with E-state index in [-0.39, 0.29) is 6.42 Å². The molecule has 116 valence electrons. The Morgan fingerprint density at radius 1 is 0.773 bits per heavy atom. The number of methoxy groups -OCH3 is 2. The average molecular weight is 318 g/mol. The molecule has 0 unspecified atom stereocenters. The highest BCUT2D eigenvalue weighted by Gasteiger charge is 2.07. The van der Waals surface area contributed by atoms with Crippen molar-refractivity contribution in [3.8, 4) is 0 Å². The van der Waals surface area contributed by atoms with Crippen molar-refractivity contribution in [1.82, 2.24) is 0 Å². The van der Waals surface area contributed by atoms with E-state index >= 15 is 0 Å². The zero-order valence-electron chi connectivity index (χ0n) is 12.5. The van der Waals surface area contributed by atoms with Crippen LogP contribution in [0.1, 0.15) is 6.42 Å². The summed E-state index contributed by atoms with van der Waals surface area (Å²) >= 11 is 1.79. The molecule has 2 aromatic carbocycles. The van der Waals surface area contributed by atoms with Crippen LogP contribution in [0.2, 0.25) is 0 Å². The van der Waals surface area contributed by atoms with E-state index in [1.165, 1.54) is 24.0 Å². The molecule has 0 heterocycles. The fourth-order valence-electron chi connectivity index (χ4n) is 1.38. The van der Waals surface area contributed by atoms with Crippen molar-refractivity contribution in [3.05, 3.63) is 60.7 Å². The lowest BCUT2D eigenvalue weighted by Crippen LogP contribution is -2.09. The van der Waals surface area contributed by atoms with Crippen LogP contribution in [0, 0.1) is 0 Å². The summed E-state index contributed by atoms with van der Waals surface area (Å²) in [5, 5.41) is 0. The standard InChI is InChI=1S/C12H10S.C5H8O4/c1-3-7-11(8-4-1)13-12-9-5-2-6-10-12;1-8-4(6)3-5(7)9-2/h1-10H;3H2,1-2H3. The first kappa shape index (κ1) is 17.8. The summed E-state index contributed by atoms with van der Waals surface area (Å²) in [6, 6.07) is 20.8. The number of carbonyl (C=O) groups excluding carboxylic acids is 2. The maximum Gasteiger partial charge on any atom is 0.316 e. The van der Waals surface area contributed by atoms with E-state index in [4.69, 9.17) is 0 Å². The minimum absolute atomic E-state index is 0.312. The van der Waals surface area contributed by atoms with Crippen LogP contribution in [0.5, 0.6) is 0 Å². The maximum atomic E-state index is 10.3. The molecule has 4 nitrogen and oxygen atoms in total. The second-order valence-corrected chi connectivity index (χ2v) is 5.20. The molecule has 0 spiro atoms. The molecule has 0 aromatic heterocycles. The first-order chi connectivity index (χ1) is 10.7. The van der Waals surface area contributed by atoms with Crippen molar-refractivity contribution in [2.75, 3.05) is 14.2 Å². The average Bonchev–Trinajstić information content (AvgIpc) is 2.57. The Hall–Kier alpha value is -2.27. The molecule has 22 heavy (non-hydrogen) atoms. The monoisotopic (exact) mass is 318 g/mol. The third kappa shape index (κ3) is 7.50. The third-order valence-corrected chi connectivity index (χ3v) is 3.48. The summed E-state index contributed by atoms with van der Waals surface area (Å²) in [5.74, 6) is -1.16. The Labute approximate surface area is 134 Å². The Morgan fingerprint density at radius 3 is 1.45 bits per heavy atom. The summed E-state index contributed by atoms with van der Waals surface area (Å²) < 4.78 is 8.37. The van der Waals surface area contributed by atoms with Gasteiger partial charge < -0.3 is 9.47 Å². The smallest absolute Gasteiger partial charge is 0.316 e. The molecule has 0 aliphatic heterocycles. The van der Waals surface area contributed by atoms with Gasteiger partial charge in [0.25, 0.3) is 0 Å². The lowest BCUT2D eigenvalue weighted by molar-refractivity contribution is -0.151. The van der Waals surface area contributed by atoms with Gasteiger partial charge in [-0.2, -0.15) is 0 Å². The minimum Gasteiger partial charge on any atom is -0.469 e. The van der Waals surface area contributed by atoms with Crippen molar-refractivity contribution in [2.24, 2.45) is 0 Å². The molecular formula is C17H18O4S. The fraction of sp³-hybridized carbons (Fsp3) is 0.176. The maximum absolute atomic E-state index is 10.3. The number of rotatable bonds is 4. The summed E-state index contributed by atoms with van der Waals surface area (Å²) in [7, 11) is 2.43. The number of hydrogen-bond donors (Lipinski definition) is 0. The van der Waals surface area contributed by atoms with E-state index in [1.807, 2.05) is 12.1 Å².